The average Bonchev–Trinajstić information content (AvgIpc) is 2.59. The number of aromatic nitrogens is 1. The number of aliphatic hydroxyl groups excluding tert-OH is 1. The number of hydroxylamine groups is 1. The third-order valence-corrected chi connectivity index (χ3v) is 3.43. The smallest absolute Gasteiger partial charge is 0.268 e. The molecule has 0 aliphatic carbocycles. The molecule has 2 atom stereocenters. The van der Waals surface area contributed by atoms with Crippen LogP contribution in [0.25, 0.3) is 16.8 Å². The Bertz CT molecular complexity index is 669. The first-order valence-corrected chi connectivity index (χ1v) is 7.11. The van der Waals surface area contributed by atoms with Crippen LogP contribution in [0.1, 0.15) is 12.5 Å². The van der Waals surface area contributed by atoms with E-state index < -0.39 is 18.1 Å². The summed E-state index contributed by atoms with van der Waals surface area (Å²) in [6.07, 6.45) is 2.50. The van der Waals surface area contributed by atoms with Gasteiger partial charge in [-0.25, -0.2) is 5.48 Å². The van der Waals surface area contributed by atoms with Gasteiger partial charge in [-0.15, -0.1) is 0 Å². The number of amides is 1. The minimum absolute atomic E-state index is 0.470. The van der Waals surface area contributed by atoms with Gasteiger partial charge < -0.3 is 10.4 Å². The molecule has 2 aromatic rings. The molecule has 0 radical (unpaired) electrons. The van der Waals surface area contributed by atoms with Crippen molar-refractivity contribution in [3.63, 3.8) is 0 Å². The first kappa shape index (κ1) is 16.7. The van der Waals surface area contributed by atoms with E-state index in [1.807, 2.05) is 36.4 Å². The maximum absolute atomic E-state index is 11.5. The van der Waals surface area contributed by atoms with Crippen LogP contribution in [0.4, 0.5) is 0 Å². The minimum atomic E-state index is -0.995. The van der Waals surface area contributed by atoms with Gasteiger partial charge in [-0.1, -0.05) is 36.9 Å². The average molecular weight is 313 g/mol. The quantitative estimate of drug-likeness (QED) is 0.480. The van der Waals surface area contributed by atoms with Crippen molar-refractivity contribution in [1.29, 1.82) is 0 Å². The van der Waals surface area contributed by atoms with Crippen molar-refractivity contribution in [3.05, 3.63) is 60.9 Å². The molecular weight excluding hydrogens is 294 g/mol. The van der Waals surface area contributed by atoms with E-state index in [0.29, 0.717) is 5.70 Å². The Balaban J connectivity index is 2.12. The van der Waals surface area contributed by atoms with E-state index in [0.717, 1.165) is 16.7 Å². The van der Waals surface area contributed by atoms with Gasteiger partial charge in [-0.05, 0) is 29.7 Å². The van der Waals surface area contributed by atoms with Crippen molar-refractivity contribution in [2.75, 3.05) is 0 Å². The summed E-state index contributed by atoms with van der Waals surface area (Å²) in [6.45, 7) is 5.32. The number of benzene rings is 1. The number of aliphatic hydroxyl groups is 1. The summed E-state index contributed by atoms with van der Waals surface area (Å²) in [5.41, 5.74) is 4.77. The molecule has 4 N–H and O–H groups in total. The van der Waals surface area contributed by atoms with E-state index in [4.69, 9.17) is 5.21 Å². The summed E-state index contributed by atoms with van der Waals surface area (Å²) < 4.78 is 0. The highest BCUT2D eigenvalue weighted by Gasteiger charge is 2.23. The zero-order valence-corrected chi connectivity index (χ0v) is 12.7. The number of nitrogens with one attached hydrogen (secondary N) is 2. The molecule has 1 aromatic carbocycles. The highest BCUT2D eigenvalue weighted by Crippen LogP contribution is 2.20. The zero-order valence-electron chi connectivity index (χ0n) is 12.7. The monoisotopic (exact) mass is 313 g/mol. The second kappa shape index (κ2) is 7.53. The first-order valence-electron chi connectivity index (χ1n) is 7.11. The molecule has 1 heterocycles. The lowest BCUT2D eigenvalue weighted by Crippen LogP contribution is -2.48. The number of carbonyl (C=O) groups is 1. The van der Waals surface area contributed by atoms with Crippen LogP contribution in [0.2, 0.25) is 0 Å². The summed E-state index contributed by atoms with van der Waals surface area (Å²) in [5, 5.41) is 21.1. The zero-order chi connectivity index (χ0) is 16.8. The Morgan fingerprint density at radius 2 is 1.91 bits per heavy atom. The molecule has 0 saturated heterocycles. The van der Waals surface area contributed by atoms with Crippen LogP contribution in [0, 0.1) is 0 Å². The molecule has 1 aromatic heterocycles. The number of hydrogen-bond donors (Lipinski definition) is 4. The second-order valence-electron chi connectivity index (χ2n) is 5.14. The van der Waals surface area contributed by atoms with Gasteiger partial charge in [0.1, 0.15) is 6.04 Å². The number of rotatable bonds is 6. The molecule has 0 aliphatic rings. The number of hydrogen-bond acceptors (Lipinski definition) is 5. The van der Waals surface area contributed by atoms with E-state index >= 15 is 0 Å². The minimum Gasteiger partial charge on any atom is -0.391 e. The topological polar surface area (TPSA) is 94.5 Å². The predicted molar refractivity (Wildman–Crippen MR) is 87.2 cm³/mol. The van der Waals surface area contributed by atoms with Gasteiger partial charge in [-0.3, -0.25) is 15.0 Å². The van der Waals surface area contributed by atoms with Crippen LogP contribution in [-0.4, -0.2) is 33.4 Å². The van der Waals surface area contributed by atoms with Crippen LogP contribution < -0.4 is 10.8 Å². The van der Waals surface area contributed by atoms with E-state index in [2.05, 4.69) is 16.9 Å². The molecule has 2 unspecified atom stereocenters. The van der Waals surface area contributed by atoms with Crippen LogP contribution in [-0.2, 0) is 4.79 Å². The lowest BCUT2D eigenvalue weighted by Gasteiger charge is -2.22. The first-order chi connectivity index (χ1) is 11.0. The second-order valence-corrected chi connectivity index (χ2v) is 5.14. The van der Waals surface area contributed by atoms with Crippen molar-refractivity contribution in [1.82, 2.24) is 15.8 Å². The Morgan fingerprint density at radius 1 is 1.22 bits per heavy atom. The fraction of sp³-hybridized carbons (Fsp3) is 0.176. The molecule has 6 heteroatoms. The van der Waals surface area contributed by atoms with Crippen molar-refractivity contribution >= 4 is 11.6 Å². The van der Waals surface area contributed by atoms with Crippen LogP contribution in [0.3, 0.4) is 0 Å². The van der Waals surface area contributed by atoms with E-state index in [1.165, 1.54) is 12.4 Å². The molecule has 0 spiro atoms. The Morgan fingerprint density at radius 3 is 2.43 bits per heavy atom. The molecule has 1 amide bonds. The maximum Gasteiger partial charge on any atom is 0.268 e. The standard InChI is InChI=1S/C17H19N3O3/c1-11(19-16(12(2)21)17(22)20-23)13-5-7-14(8-6-13)15-4-3-9-18-10-15/h3-10,12,16,19,21,23H,1H2,2H3,(H,20,22). The summed E-state index contributed by atoms with van der Waals surface area (Å²) in [6, 6.07) is 10.4. The van der Waals surface area contributed by atoms with Crippen LogP contribution in [0.15, 0.2) is 55.4 Å². The van der Waals surface area contributed by atoms with Crippen molar-refractivity contribution in [2.45, 2.75) is 19.1 Å². The van der Waals surface area contributed by atoms with Gasteiger partial charge in [0.25, 0.3) is 5.91 Å². The highest BCUT2D eigenvalue weighted by molar-refractivity contribution is 5.83. The van der Waals surface area contributed by atoms with Crippen molar-refractivity contribution in [3.8, 4) is 11.1 Å². The molecule has 23 heavy (non-hydrogen) atoms. The Labute approximate surface area is 134 Å². The SMILES string of the molecule is C=C(NC(C(=O)NO)C(C)O)c1ccc(-c2cccnc2)cc1. The molecule has 6 nitrogen and oxygen atoms in total. The fourth-order valence-corrected chi connectivity index (χ4v) is 2.14. The van der Waals surface area contributed by atoms with Gasteiger partial charge in [-0.2, -0.15) is 0 Å². The normalized spacial score (nSPS) is 13.0. The highest BCUT2D eigenvalue weighted by atomic mass is 16.5. The lowest BCUT2D eigenvalue weighted by molar-refractivity contribution is -0.133. The van der Waals surface area contributed by atoms with Crippen LogP contribution in [0.5, 0.6) is 0 Å². The number of nitrogens with zero attached hydrogens (tertiary/aromatic N) is 1. The van der Waals surface area contributed by atoms with Gasteiger partial charge in [0, 0.05) is 18.1 Å². The largest absolute Gasteiger partial charge is 0.391 e. The fourth-order valence-electron chi connectivity index (χ4n) is 2.14. The summed E-state index contributed by atoms with van der Waals surface area (Å²) >= 11 is 0. The third kappa shape index (κ3) is 4.15. The molecule has 2 rings (SSSR count). The Hall–Kier alpha value is -2.70. The predicted octanol–water partition coefficient (Wildman–Crippen LogP) is 1.56. The summed E-state index contributed by atoms with van der Waals surface area (Å²) in [7, 11) is 0. The number of pyridine rings is 1. The summed E-state index contributed by atoms with van der Waals surface area (Å²) in [5.74, 6) is -0.729. The third-order valence-electron chi connectivity index (χ3n) is 3.43. The van der Waals surface area contributed by atoms with Gasteiger partial charge in [0.05, 0.1) is 6.10 Å². The van der Waals surface area contributed by atoms with Crippen molar-refractivity contribution < 1.29 is 15.1 Å². The van der Waals surface area contributed by atoms with Gasteiger partial charge in [0.15, 0.2) is 0 Å². The molecule has 0 saturated carbocycles. The number of carbonyl (C=O) groups excluding carboxylic acids is 1. The van der Waals surface area contributed by atoms with Crippen molar-refractivity contribution in [2.24, 2.45) is 0 Å². The summed E-state index contributed by atoms with van der Waals surface area (Å²) in [4.78, 5) is 15.6. The van der Waals surface area contributed by atoms with Crippen LogP contribution >= 0.6 is 0 Å². The van der Waals surface area contributed by atoms with Gasteiger partial charge >= 0.3 is 0 Å². The molecule has 120 valence electrons. The molecule has 0 bridgehead atoms. The van der Waals surface area contributed by atoms with E-state index in [-0.39, 0.29) is 0 Å². The Kier molecular flexibility index (Phi) is 5.46. The lowest BCUT2D eigenvalue weighted by atomic mass is 10.0. The molecule has 0 fully saturated rings. The molecular formula is C17H19N3O3. The van der Waals surface area contributed by atoms with Gasteiger partial charge in [0.2, 0.25) is 0 Å². The van der Waals surface area contributed by atoms with E-state index in [9.17, 15) is 9.90 Å². The molecule has 0 aliphatic heterocycles. The van der Waals surface area contributed by atoms with E-state index in [1.54, 1.807) is 12.4 Å². The maximum atomic E-state index is 11.5.